The van der Waals surface area contributed by atoms with Gasteiger partial charge in [0.1, 0.15) is 12.6 Å². The van der Waals surface area contributed by atoms with Gasteiger partial charge >= 0.3 is 0 Å². The summed E-state index contributed by atoms with van der Waals surface area (Å²) in [5.74, 6) is -0.547. The summed E-state index contributed by atoms with van der Waals surface area (Å²) < 4.78 is 2.00. The molecule has 132 valence electrons. The van der Waals surface area contributed by atoms with E-state index in [0.29, 0.717) is 13.0 Å². The summed E-state index contributed by atoms with van der Waals surface area (Å²) in [4.78, 5) is 26.7. The van der Waals surface area contributed by atoms with Gasteiger partial charge in [-0.05, 0) is 35.6 Å². The van der Waals surface area contributed by atoms with Crippen LogP contribution in [0.25, 0.3) is 10.9 Å². The highest BCUT2D eigenvalue weighted by Gasteiger charge is 2.33. The lowest BCUT2D eigenvalue weighted by molar-refractivity contribution is -0.141. The first kappa shape index (κ1) is 16.4. The van der Waals surface area contributed by atoms with Gasteiger partial charge in [0.2, 0.25) is 11.8 Å². The van der Waals surface area contributed by atoms with Gasteiger partial charge in [0, 0.05) is 24.2 Å². The van der Waals surface area contributed by atoms with E-state index in [9.17, 15) is 9.59 Å². The van der Waals surface area contributed by atoms with Crippen molar-refractivity contribution in [2.75, 3.05) is 0 Å². The number of carbonyl (C=O) groups excluding carboxylic acids is 2. The van der Waals surface area contributed by atoms with Crippen molar-refractivity contribution in [3.63, 3.8) is 0 Å². The van der Waals surface area contributed by atoms with E-state index in [-0.39, 0.29) is 12.5 Å². The molecule has 1 atom stereocenters. The van der Waals surface area contributed by atoms with Crippen molar-refractivity contribution in [1.29, 1.82) is 0 Å². The van der Waals surface area contributed by atoms with E-state index in [2.05, 4.69) is 6.07 Å². The van der Waals surface area contributed by atoms with Crippen molar-refractivity contribution < 1.29 is 9.59 Å². The number of hydrogen-bond donors (Lipinski definition) is 1. The predicted molar refractivity (Wildman–Crippen MR) is 100 cm³/mol. The fraction of sp³-hybridized carbons (Fsp3) is 0.238. The molecule has 0 spiro atoms. The minimum absolute atomic E-state index is 0.0900. The zero-order valence-corrected chi connectivity index (χ0v) is 14.7. The fourth-order valence-electron chi connectivity index (χ4n) is 3.82. The zero-order chi connectivity index (χ0) is 18.3. The molecule has 26 heavy (non-hydrogen) atoms. The van der Waals surface area contributed by atoms with Crippen molar-refractivity contribution in [2.45, 2.75) is 32.5 Å². The van der Waals surface area contributed by atoms with Crippen LogP contribution >= 0.6 is 0 Å². The number of aryl methyl sites for hydroxylation is 1. The normalized spacial score (nSPS) is 16.5. The summed E-state index contributed by atoms with van der Waals surface area (Å²) in [5.41, 5.74) is 9.81. The highest BCUT2D eigenvalue weighted by Crippen LogP contribution is 2.25. The van der Waals surface area contributed by atoms with Gasteiger partial charge in [0.25, 0.3) is 0 Å². The highest BCUT2D eigenvalue weighted by molar-refractivity contribution is 5.89. The van der Waals surface area contributed by atoms with E-state index in [1.807, 2.05) is 60.0 Å². The maximum atomic E-state index is 13.1. The first-order valence-electron chi connectivity index (χ1n) is 8.75. The summed E-state index contributed by atoms with van der Waals surface area (Å²) >= 11 is 0. The molecule has 2 heterocycles. The molecule has 1 aliphatic rings. The second-order valence-electron chi connectivity index (χ2n) is 6.84. The Morgan fingerprint density at radius 2 is 1.77 bits per heavy atom. The molecule has 1 aliphatic heterocycles. The number of aromatic nitrogens is 1. The third-order valence-corrected chi connectivity index (χ3v) is 5.21. The van der Waals surface area contributed by atoms with Gasteiger partial charge in [0.15, 0.2) is 0 Å². The number of carbonyl (C=O) groups is 2. The average molecular weight is 347 g/mol. The Morgan fingerprint density at radius 1 is 1.08 bits per heavy atom. The molecule has 0 fully saturated rings. The maximum Gasteiger partial charge on any atom is 0.243 e. The molecule has 2 amide bonds. The molecule has 5 heteroatoms. The van der Waals surface area contributed by atoms with Crippen LogP contribution in [0.1, 0.15) is 16.8 Å². The summed E-state index contributed by atoms with van der Waals surface area (Å²) in [6, 6.07) is 17.4. The highest BCUT2D eigenvalue weighted by atomic mass is 16.2. The number of amides is 2. The summed E-state index contributed by atoms with van der Waals surface area (Å²) in [5, 5.41) is 1.10. The van der Waals surface area contributed by atoms with Crippen molar-refractivity contribution in [3.05, 3.63) is 71.4 Å². The molecular formula is C21H21N3O2. The van der Waals surface area contributed by atoms with Gasteiger partial charge in [-0.1, -0.05) is 42.5 Å². The fourth-order valence-corrected chi connectivity index (χ4v) is 3.82. The topological polar surface area (TPSA) is 68.3 Å². The molecule has 2 aromatic carbocycles. The molecule has 0 saturated heterocycles. The molecular weight excluding hydrogens is 326 g/mol. The van der Waals surface area contributed by atoms with Crippen LogP contribution in [0.3, 0.4) is 0 Å². The van der Waals surface area contributed by atoms with Crippen LogP contribution in [0.5, 0.6) is 0 Å². The number of primary amides is 1. The lowest BCUT2D eigenvalue weighted by Crippen LogP contribution is -2.52. The van der Waals surface area contributed by atoms with Crippen LogP contribution in [0.15, 0.2) is 54.6 Å². The van der Waals surface area contributed by atoms with E-state index in [1.54, 1.807) is 4.90 Å². The van der Waals surface area contributed by atoms with Crippen LogP contribution < -0.4 is 5.73 Å². The number of hydrogen-bond acceptors (Lipinski definition) is 2. The van der Waals surface area contributed by atoms with Gasteiger partial charge in [0.05, 0.1) is 0 Å². The minimum Gasteiger partial charge on any atom is -0.368 e. The van der Waals surface area contributed by atoms with E-state index in [0.717, 1.165) is 27.7 Å². The summed E-state index contributed by atoms with van der Waals surface area (Å²) in [6.45, 7) is 2.61. The number of para-hydroxylation sites is 1. The number of benzene rings is 2. The Balaban J connectivity index is 1.66. The number of nitrogens with two attached hydrogens (primary N) is 1. The van der Waals surface area contributed by atoms with Crippen LogP contribution in [0.2, 0.25) is 0 Å². The molecule has 0 radical (unpaired) electrons. The summed E-state index contributed by atoms with van der Waals surface area (Å²) in [7, 11) is 0. The number of nitrogens with zero attached hydrogens (tertiary/aromatic N) is 2. The van der Waals surface area contributed by atoms with Crippen LogP contribution in [-0.4, -0.2) is 27.3 Å². The summed E-state index contributed by atoms with van der Waals surface area (Å²) in [6.07, 6.45) is 0.475. The third-order valence-electron chi connectivity index (χ3n) is 5.21. The molecule has 1 unspecified atom stereocenters. The Bertz CT molecular complexity index is 1010. The van der Waals surface area contributed by atoms with Crippen molar-refractivity contribution in [2.24, 2.45) is 5.73 Å². The molecule has 2 N–H and O–H groups in total. The van der Waals surface area contributed by atoms with Crippen LogP contribution in [0.4, 0.5) is 0 Å². The first-order chi connectivity index (χ1) is 12.5. The van der Waals surface area contributed by atoms with Gasteiger partial charge in [-0.3, -0.25) is 9.59 Å². The smallest absolute Gasteiger partial charge is 0.243 e. The molecule has 1 aromatic heterocycles. The standard InChI is InChI=1S/C21H21N3O2/c1-14-10-16-7-4-5-9-18(16)23(14)13-20(25)24-12-17-8-3-2-6-15(17)11-19(24)21(22)26/h2-10,19H,11-13H2,1H3,(H2,22,26). The maximum absolute atomic E-state index is 13.1. The second-order valence-corrected chi connectivity index (χ2v) is 6.84. The van der Waals surface area contributed by atoms with E-state index < -0.39 is 11.9 Å². The Labute approximate surface area is 152 Å². The predicted octanol–water partition coefficient (Wildman–Crippen LogP) is 2.39. The van der Waals surface area contributed by atoms with Gasteiger partial charge in [-0.15, -0.1) is 0 Å². The second kappa shape index (κ2) is 6.33. The van der Waals surface area contributed by atoms with Gasteiger partial charge in [-0.2, -0.15) is 0 Å². The number of rotatable bonds is 3. The Hall–Kier alpha value is -3.08. The van der Waals surface area contributed by atoms with Gasteiger partial charge in [-0.25, -0.2) is 0 Å². The van der Waals surface area contributed by atoms with E-state index >= 15 is 0 Å². The largest absolute Gasteiger partial charge is 0.368 e. The van der Waals surface area contributed by atoms with E-state index in [4.69, 9.17) is 5.73 Å². The average Bonchev–Trinajstić information content (AvgIpc) is 2.96. The lowest BCUT2D eigenvalue weighted by Gasteiger charge is -2.35. The van der Waals surface area contributed by atoms with Crippen molar-refractivity contribution >= 4 is 22.7 Å². The number of fused-ring (bicyclic) bond motifs is 2. The van der Waals surface area contributed by atoms with Crippen molar-refractivity contribution in [1.82, 2.24) is 9.47 Å². The molecule has 0 bridgehead atoms. The molecule has 0 saturated carbocycles. The molecule has 5 nitrogen and oxygen atoms in total. The van der Waals surface area contributed by atoms with Crippen LogP contribution in [0, 0.1) is 6.92 Å². The lowest BCUT2D eigenvalue weighted by atomic mass is 9.93. The molecule has 3 aromatic rings. The SMILES string of the molecule is Cc1cc2ccccc2n1CC(=O)N1Cc2ccccc2CC1C(N)=O. The zero-order valence-electron chi connectivity index (χ0n) is 14.7. The molecule has 0 aliphatic carbocycles. The Kier molecular flexibility index (Phi) is 3.99. The van der Waals surface area contributed by atoms with Crippen molar-refractivity contribution in [3.8, 4) is 0 Å². The Morgan fingerprint density at radius 3 is 2.54 bits per heavy atom. The first-order valence-corrected chi connectivity index (χ1v) is 8.75. The van der Waals surface area contributed by atoms with Gasteiger partial charge < -0.3 is 15.2 Å². The van der Waals surface area contributed by atoms with E-state index in [1.165, 1.54) is 0 Å². The monoisotopic (exact) mass is 347 g/mol. The molecule has 4 rings (SSSR count). The quantitative estimate of drug-likeness (QED) is 0.790. The third kappa shape index (κ3) is 2.75. The minimum atomic E-state index is -0.598. The van der Waals surface area contributed by atoms with Crippen LogP contribution in [-0.2, 0) is 29.1 Å².